The van der Waals surface area contributed by atoms with Gasteiger partial charge in [-0.05, 0) is 75.2 Å². The third kappa shape index (κ3) is 34.3. The first-order valence-electron chi connectivity index (χ1n) is 44.1. The maximum atomic E-state index is 14.7. The maximum absolute atomic E-state index is 14.7. The number of aryl methyl sites for hydroxylation is 1. The highest BCUT2D eigenvalue weighted by Crippen LogP contribution is 2.40. The minimum Gasteiger partial charge on any atom is -0.481 e. The topological polar surface area (TPSA) is 787 Å². The van der Waals surface area contributed by atoms with Crippen molar-refractivity contribution in [1.29, 1.82) is 5.41 Å². The summed E-state index contributed by atoms with van der Waals surface area (Å²) >= 11 is 1.12. The van der Waals surface area contributed by atoms with Crippen LogP contribution in [-0.4, -0.2) is 350 Å². The summed E-state index contributed by atoms with van der Waals surface area (Å²) < 4.78 is 8.16. The van der Waals surface area contributed by atoms with Crippen molar-refractivity contribution in [1.82, 2.24) is 105 Å². The third-order valence-electron chi connectivity index (χ3n) is 22.3. The normalized spacial score (nSPS) is 26.7. The molecule has 1 saturated carbocycles. The number of nitrogens with two attached hydrogens (primary N) is 1. The molecule has 1 aliphatic carbocycles. The smallest absolute Gasteiger partial charge is 0.305 e. The number of carboxylic acid groups (broad SMARTS) is 3. The first kappa shape index (κ1) is 110. The molecule has 2 aromatic carbocycles. The van der Waals surface area contributed by atoms with Gasteiger partial charge in [0.1, 0.15) is 78.5 Å². The van der Waals surface area contributed by atoms with Gasteiger partial charge in [-0.15, -0.1) is 11.8 Å². The van der Waals surface area contributed by atoms with Crippen LogP contribution in [-0.2, 0) is 114 Å². The zero-order chi connectivity index (χ0) is 100. The zero-order valence-electron chi connectivity index (χ0n) is 75.2. The Balaban J connectivity index is 1.18. The molecule has 1 aromatic heterocycles. The van der Waals surface area contributed by atoms with E-state index < -0.39 is 324 Å². The average Bonchev–Trinajstić information content (AvgIpc) is 1.62. The summed E-state index contributed by atoms with van der Waals surface area (Å²) in [6, 6.07) is -10.3. The number of aliphatic hydroxyl groups excluding tert-OH is 5. The molecule has 748 valence electrons. The SMILES string of the molecule is CC(C)C[C@@H]1NC(=O)[C@H](CO)NC(=O)[C@H](CO)NC(=O)[C@@H]2CSc3c4ccccc4cn3CCCC3C(OCN[C@H](C(C)C)C(=O)N2)[C@H]3NC(=O)[C@H](CO)NC(=O)[C@H](CCC(=O)O)NC(=O)[C@H](CO)NC(=O)[C@H](CO)NC(=O)[C@H](Cc2ccccc2)NC(=O)CNC(=O)CNC(=O)[C@H](CCCNC(=N)N)NC(=O)CNC(=O)[C@@H]2CCCN2C(=O)[C@H](CCC(=O)O)NC(=O)[C@H](CC(=O)O)NC1=O. The van der Waals surface area contributed by atoms with E-state index in [-0.39, 0.29) is 70.6 Å². The summed E-state index contributed by atoms with van der Waals surface area (Å²) in [6.45, 7) is -2.38. The predicted octanol–water partition coefficient (Wildman–Crippen LogP) is -10.5. The van der Waals surface area contributed by atoms with Gasteiger partial charge in [-0.2, -0.15) is 0 Å². The molecule has 3 aromatic rings. The van der Waals surface area contributed by atoms with E-state index in [9.17, 15) is 137 Å². The molecule has 4 aliphatic rings. The quantitative estimate of drug-likeness (QED) is 0.0252. The van der Waals surface area contributed by atoms with Crippen molar-refractivity contribution in [3.05, 3.63) is 66.4 Å². The molecule has 3 fully saturated rings. The number of guanidine groups is 1. The number of nitrogens with zero attached hydrogens (tertiary/aromatic N) is 2. The van der Waals surface area contributed by atoms with Gasteiger partial charge in [0.05, 0.1) is 89.0 Å². The molecule has 0 radical (unpaired) electrons. The van der Waals surface area contributed by atoms with Crippen LogP contribution in [0.2, 0.25) is 0 Å². The Morgan fingerprint density at radius 2 is 0.963 bits per heavy atom. The van der Waals surface area contributed by atoms with E-state index in [4.69, 9.17) is 15.9 Å². The molecule has 29 N–H and O–H groups in total. The highest BCUT2D eigenvalue weighted by molar-refractivity contribution is 7.99. The second kappa shape index (κ2) is 54.3. The Labute approximate surface area is 783 Å². The van der Waals surface area contributed by atoms with Gasteiger partial charge in [-0.1, -0.05) is 82.3 Å². The fourth-order valence-electron chi connectivity index (χ4n) is 15.1. The fourth-order valence-corrected chi connectivity index (χ4v) is 16.3. The molecule has 2 bridgehead atoms. The highest BCUT2D eigenvalue weighted by Gasteiger charge is 2.53. The molecule has 2 saturated heterocycles. The first-order chi connectivity index (χ1) is 64.7. The number of hydrogen-bond donors (Lipinski definition) is 28. The van der Waals surface area contributed by atoms with Crippen molar-refractivity contribution in [3.63, 3.8) is 0 Å². The van der Waals surface area contributed by atoms with Crippen molar-refractivity contribution < 1.29 is 141 Å². The fraction of sp³-hybridized carbons (Fsp3) is 0.583. The average molecular weight is 1940 g/mol. The van der Waals surface area contributed by atoms with Crippen LogP contribution in [0.1, 0.15) is 110 Å². The Bertz CT molecular complexity index is 4780. The van der Waals surface area contributed by atoms with Crippen molar-refractivity contribution >= 4 is 147 Å². The van der Waals surface area contributed by atoms with Gasteiger partial charge in [0.2, 0.25) is 100 Å². The monoisotopic (exact) mass is 1930 g/mol. The van der Waals surface area contributed by atoms with E-state index in [1.54, 1.807) is 76.2 Å². The number of fused-ring (bicyclic) bond motifs is 11. The van der Waals surface area contributed by atoms with Gasteiger partial charge in [0, 0.05) is 67.5 Å². The van der Waals surface area contributed by atoms with Crippen molar-refractivity contribution in [2.75, 3.05) is 78.2 Å². The summed E-state index contributed by atoms with van der Waals surface area (Å²) in [6.07, 6.45) is -3.22. The van der Waals surface area contributed by atoms with Crippen LogP contribution in [0, 0.1) is 23.2 Å². The number of carbonyl (C=O) groups excluding carboxylic acids is 17. The van der Waals surface area contributed by atoms with E-state index in [1.807, 2.05) is 16.8 Å². The van der Waals surface area contributed by atoms with E-state index in [0.717, 1.165) is 22.0 Å². The molecule has 136 heavy (non-hydrogen) atoms. The minimum atomic E-state index is -2.11. The maximum Gasteiger partial charge on any atom is 0.305 e. The lowest BCUT2D eigenvalue weighted by Gasteiger charge is -2.30. The van der Waals surface area contributed by atoms with Crippen LogP contribution in [0.25, 0.3) is 10.8 Å². The summed E-state index contributed by atoms with van der Waals surface area (Å²) in [5.74, 6) is -26.1. The summed E-state index contributed by atoms with van der Waals surface area (Å²) in [7, 11) is 0. The number of carbonyl (C=O) groups is 20. The van der Waals surface area contributed by atoms with Gasteiger partial charge in [0.25, 0.3) is 0 Å². The Kier molecular flexibility index (Phi) is 43.8. The molecule has 3 aliphatic heterocycles. The standard InChI is InChI=1S/C84H122N22O29S/c1-41(2)27-50-71(123)97-52(29-65(119)120)73(125)95-49(21-23-64(117)118)82(134)106-26-12-19-59(106)80(132)90-32-62(114)92-47(18-10-24-87-84(85)86)69(121)89-30-60(112)88-31-61(113)93-51(28-43-13-6-5-7-14-43)72(124)99-55(36-109)76(128)100-53(34-107)74(126)94-48(20-22-63(115)116)70(122)98-57(38-111)78(130)104-67-46-17-11-25-105-33-44-15-8-9-16-45(44)83(105)136-39-58(103-81(133)66(42(3)4)91-40-135-68(46)67)79(131)102-56(37-110)77(129)101-54(35-108)75(127)96-50/h5-9,13-16,33,41-42,46-59,66-68,91,107-111H,10-12,17-32,34-40H2,1-4H3,(H,88,112)(H,89,121)(H,90,132)(H,92,114)(H,93,113)(H,94,126)(H,95,125)(H,96,127)(H,97,123)(H,98,122)(H,99,124)(H,100,128)(H,101,129)(H,102,131)(H,103,133)(H,104,130)(H,115,116)(H,117,118)(H,119,120)(H4,85,86,87)/t46?,47-,48-,49-,50-,51-,52-,53-,54-,55-,56-,57-,58-,59-,66+,67-,68?/m0/s1. The number of amides is 17. The Morgan fingerprint density at radius 1 is 0.493 bits per heavy atom. The summed E-state index contributed by atoms with van der Waals surface area (Å²) in [5, 5.41) is 135. The van der Waals surface area contributed by atoms with Gasteiger partial charge in [-0.25, -0.2) is 0 Å². The second-order valence-electron chi connectivity index (χ2n) is 33.5. The van der Waals surface area contributed by atoms with Gasteiger partial charge < -0.3 is 151 Å². The number of nitrogens with one attached hydrogen (secondary N) is 19. The number of carboxylic acids is 3. The minimum absolute atomic E-state index is 0.0245. The molecule has 17 atom stereocenters. The molecule has 7 rings (SSSR count). The molecule has 17 amide bonds. The summed E-state index contributed by atoms with van der Waals surface area (Å²) in [5.41, 5.74) is 5.84. The molecule has 0 spiro atoms. The van der Waals surface area contributed by atoms with Crippen LogP contribution in [0.5, 0.6) is 0 Å². The lowest BCUT2D eigenvalue weighted by Crippen LogP contribution is -2.62. The molecule has 51 nitrogen and oxygen atoms in total. The first-order valence-corrected chi connectivity index (χ1v) is 45.1. The summed E-state index contributed by atoms with van der Waals surface area (Å²) in [4.78, 5) is 277. The number of thioether (sulfide) groups is 1. The Hall–Kier alpha value is -13.3. The van der Waals surface area contributed by atoms with Gasteiger partial charge in [-0.3, -0.25) is 107 Å². The van der Waals surface area contributed by atoms with Gasteiger partial charge in [0.15, 0.2) is 5.96 Å². The predicted molar refractivity (Wildman–Crippen MR) is 476 cm³/mol. The Morgan fingerprint density at radius 3 is 1.53 bits per heavy atom. The lowest BCUT2D eigenvalue weighted by atomic mass is 10.0. The molecular formula is C84H122N22O29S. The number of hydrogen-bond acceptors (Lipinski definition) is 29. The third-order valence-corrected chi connectivity index (χ3v) is 23.5. The van der Waals surface area contributed by atoms with E-state index >= 15 is 0 Å². The van der Waals surface area contributed by atoms with Crippen LogP contribution in [0.4, 0.5) is 0 Å². The van der Waals surface area contributed by atoms with Crippen LogP contribution in [0.15, 0.2) is 65.8 Å². The molecule has 52 heteroatoms. The molecule has 2 unspecified atom stereocenters. The lowest BCUT2D eigenvalue weighted by molar-refractivity contribution is -0.144. The van der Waals surface area contributed by atoms with Crippen LogP contribution >= 0.6 is 11.8 Å². The number of ether oxygens (including phenoxy) is 1. The van der Waals surface area contributed by atoms with Crippen molar-refractivity contribution in [2.45, 2.75) is 219 Å². The number of rotatable bonds is 22. The number of benzene rings is 2. The molecule has 4 heterocycles. The highest BCUT2D eigenvalue weighted by atomic mass is 32.2. The van der Waals surface area contributed by atoms with Crippen molar-refractivity contribution in [2.24, 2.45) is 23.5 Å². The van der Waals surface area contributed by atoms with E-state index in [0.29, 0.717) is 28.8 Å². The molecular weight excluding hydrogens is 1810 g/mol. The van der Waals surface area contributed by atoms with E-state index in [2.05, 4.69) is 95.7 Å². The second-order valence-corrected chi connectivity index (χ2v) is 34.5. The van der Waals surface area contributed by atoms with Gasteiger partial charge >= 0.3 is 17.9 Å². The zero-order valence-corrected chi connectivity index (χ0v) is 76.0. The van der Waals surface area contributed by atoms with E-state index in [1.165, 1.54) is 0 Å². The van der Waals surface area contributed by atoms with Crippen LogP contribution < -0.4 is 101 Å². The van der Waals surface area contributed by atoms with Crippen molar-refractivity contribution in [3.8, 4) is 0 Å². The number of aromatic nitrogens is 1. The van der Waals surface area contributed by atoms with Crippen LogP contribution in [0.3, 0.4) is 0 Å². The largest absolute Gasteiger partial charge is 0.481 e. The number of aliphatic carboxylic acids is 3. The number of aliphatic hydroxyl groups is 5.